The molecule has 9 heteroatoms. The average Bonchev–Trinajstić information content (AvgIpc) is 2.43. The second kappa shape index (κ2) is 12.3. The van der Waals surface area contributed by atoms with Crippen LogP contribution in [-0.4, -0.2) is 43.9 Å². The van der Waals surface area contributed by atoms with Crippen molar-refractivity contribution in [2.45, 2.75) is 51.2 Å². The van der Waals surface area contributed by atoms with Crippen molar-refractivity contribution in [2.75, 3.05) is 13.7 Å². The predicted molar refractivity (Wildman–Crippen MR) is 74.4 cm³/mol. The number of esters is 2. The Morgan fingerprint density at radius 3 is 2.23 bits per heavy atom. The van der Waals surface area contributed by atoms with Crippen LogP contribution in [0.4, 0.5) is 0 Å². The summed E-state index contributed by atoms with van der Waals surface area (Å²) in [5, 5.41) is -2.05. The number of ether oxygens (including phenoxy) is 2. The first kappa shape index (κ1) is 24.1. The van der Waals surface area contributed by atoms with Gasteiger partial charge in [-0.1, -0.05) is 33.1 Å². The van der Waals surface area contributed by atoms with Crippen molar-refractivity contribution in [3.63, 3.8) is 0 Å². The minimum atomic E-state index is -4.95. The molecule has 0 amide bonds. The maximum Gasteiger partial charge on any atom is 1.00 e. The van der Waals surface area contributed by atoms with Crippen LogP contribution in [0.25, 0.3) is 0 Å². The topological polar surface area (TPSA) is 110 Å². The van der Waals surface area contributed by atoms with Gasteiger partial charge in [0.05, 0.1) is 20.1 Å². The van der Waals surface area contributed by atoms with E-state index in [1.807, 2.05) is 6.92 Å². The summed E-state index contributed by atoms with van der Waals surface area (Å²) >= 11 is 0. The first-order valence-corrected chi connectivity index (χ1v) is 8.41. The van der Waals surface area contributed by atoms with Gasteiger partial charge in [-0.2, -0.15) is 0 Å². The van der Waals surface area contributed by atoms with E-state index in [0.29, 0.717) is 0 Å². The van der Waals surface area contributed by atoms with Crippen LogP contribution in [0.15, 0.2) is 0 Å². The van der Waals surface area contributed by atoms with Crippen LogP contribution in [-0.2, 0) is 29.2 Å². The average molecular weight is 346 g/mol. The summed E-state index contributed by atoms with van der Waals surface area (Å²) in [6, 6.07) is 0. The van der Waals surface area contributed by atoms with Crippen LogP contribution < -0.4 is 29.6 Å². The maximum absolute atomic E-state index is 11.6. The Labute approximate surface area is 154 Å². The van der Waals surface area contributed by atoms with Gasteiger partial charge in [-0.25, -0.2) is 8.42 Å². The summed E-state index contributed by atoms with van der Waals surface area (Å²) in [6.07, 6.45) is 2.95. The van der Waals surface area contributed by atoms with Crippen LogP contribution in [0.2, 0.25) is 0 Å². The van der Waals surface area contributed by atoms with E-state index in [2.05, 4.69) is 11.7 Å². The molecule has 0 saturated carbocycles. The molecule has 2 atom stereocenters. The van der Waals surface area contributed by atoms with E-state index in [4.69, 9.17) is 4.74 Å². The van der Waals surface area contributed by atoms with Gasteiger partial charge in [0, 0.05) is 0 Å². The molecule has 0 N–H and O–H groups in total. The summed E-state index contributed by atoms with van der Waals surface area (Å²) in [4.78, 5) is 22.8. The number of carbonyl (C=O) groups excluding carboxylic acids is 2. The summed E-state index contributed by atoms with van der Waals surface area (Å²) in [5.74, 6) is -1.95. The van der Waals surface area contributed by atoms with Crippen LogP contribution in [0, 0.1) is 5.92 Å². The number of rotatable bonds is 10. The third-order valence-corrected chi connectivity index (χ3v) is 4.24. The second-order valence-electron chi connectivity index (χ2n) is 4.81. The molecule has 124 valence electrons. The Kier molecular flexibility index (Phi) is 13.5. The molecular formula is C13H23NaO7S. The van der Waals surface area contributed by atoms with Gasteiger partial charge in [0.1, 0.15) is 10.1 Å². The summed E-state index contributed by atoms with van der Waals surface area (Å²) < 4.78 is 42.0. The van der Waals surface area contributed by atoms with Crippen LogP contribution in [0.3, 0.4) is 0 Å². The summed E-state index contributed by atoms with van der Waals surface area (Å²) in [5.41, 5.74) is 0. The van der Waals surface area contributed by atoms with Crippen LogP contribution in [0.1, 0.15) is 46.0 Å². The van der Waals surface area contributed by atoms with Crippen molar-refractivity contribution in [2.24, 2.45) is 5.92 Å². The molecule has 0 aromatic heterocycles. The first-order chi connectivity index (χ1) is 9.76. The molecule has 0 aromatic rings. The van der Waals surface area contributed by atoms with Crippen LogP contribution in [0.5, 0.6) is 0 Å². The Morgan fingerprint density at radius 1 is 1.23 bits per heavy atom. The maximum atomic E-state index is 11.6. The molecule has 22 heavy (non-hydrogen) atoms. The Hall–Kier alpha value is -0.150. The van der Waals surface area contributed by atoms with E-state index >= 15 is 0 Å². The van der Waals surface area contributed by atoms with Crippen molar-refractivity contribution in [1.29, 1.82) is 0 Å². The molecule has 0 rings (SSSR count). The minimum Gasteiger partial charge on any atom is -0.747 e. The standard InChI is InChI=1S/C13H24O7S.Na/c1-4-6-7-10(5-2)9-20-12(14)8-11(13(15)19-3)21(16,17)18;/h10-11H,4-9H2,1-3H3,(H,16,17,18);/q;+1/p-1/t10-,11?;/m0./s1. The minimum absolute atomic E-state index is 0. The summed E-state index contributed by atoms with van der Waals surface area (Å²) in [6.45, 7) is 4.18. The fraction of sp³-hybridized carbons (Fsp3) is 0.846. The zero-order valence-electron chi connectivity index (χ0n) is 13.7. The zero-order chi connectivity index (χ0) is 16.5. The van der Waals surface area contributed by atoms with E-state index in [9.17, 15) is 22.6 Å². The fourth-order valence-electron chi connectivity index (χ4n) is 1.75. The van der Waals surface area contributed by atoms with Gasteiger partial charge in [-0.15, -0.1) is 0 Å². The van der Waals surface area contributed by atoms with E-state index < -0.39 is 33.7 Å². The molecule has 0 spiro atoms. The van der Waals surface area contributed by atoms with E-state index in [0.717, 1.165) is 32.8 Å². The smallest absolute Gasteiger partial charge is 0.747 e. The van der Waals surface area contributed by atoms with Crippen molar-refractivity contribution < 1.29 is 61.6 Å². The number of hydrogen-bond acceptors (Lipinski definition) is 7. The SMILES string of the molecule is CCCC[C@H](CC)COC(=O)CC(C(=O)OC)S(=O)(=O)[O-].[Na+]. The second-order valence-corrected chi connectivity index (χ2v) is 6.36. The fourth-order valence-corrected chi connectivity index (χ4v) is 2.43. The molecule has 0 aromatic carbocycles. The van der Waals surface area contributed by atoms with E-state index in [1.54, 1.807) is 0 Å². The third kappa shape index (κ3) is 9.78. The van der Waals surface area contributed by atoms with Gasteiger partial charge in [0.15, 0.2) is 5.25 Å². The molecular weight excluding hydrogens is 323 g/mol. The molecule has 0 saturated heterocycles. The molecule has 0 heterocycles. The van der Waals surface area contributed by atoms with Gasteiger partial charge in [-0.05, 0) is 12.3 Å². The number of methoxy groups -OCH3 is 1. The number of hydrogen-bond donors (Lipinski definition) is 0. The normalized spacial score (nSPS) is 13.6. The Bertz CT molecular complexity index is 436. The molecule has 1 unspecified atom stereocenters. The quantitative estimate of drug-likeness (QED) is 0.261. The van der Waals surface area contributed by atoms with E-state index in [1.165, 1.54) is 0 Å². The third-order valence-electron chi connectivity index (χ3n) is 3.19. The molecule has 0 aliphatic carbocycles. The molecule has 0 radical (unpaired) electrons. The van der Waals surface area contributed by atoms with Gasteiger partial charge in [0.2, 0.25) is 0 Å². The number of carbonyl (C=O) groups is 2. The first-order valence-electron chi connectivity index (χ1n) is 6.94. The van der Waals surface area contributed by atoms with Gasteiger partial charge < -0.3 is 14.0 Å². The summed E-state index contributed by atoms with van der Waals surface area (Å²) in [7, 11) is -4.01. The molecule has 0 bridgehead atoms. The van der Waals surface area contributed by atoms with Crippen LogP contribution >= 0.6 is 0 Å². The Balaban J connectivity index is 0. The van der Waals surface area contributed by atoms with Crippen molar-refractivity contribution in [1.82, 2.24) is 0 Å². The van der Waals surface area contributed by atoms with Crippen molar-refractivity contribution in [3.05, 3.63) is 0 Å². The molecule has 7 nitrogen and oxygen atoms in total. The number of unbranched alkanes of at least 4 members (excludes halogenated alkanes) is 1. The predicted octanol–water partition coefficient (Wildman–Crippen LogP) is -1.77. The molecule has 0 fully saturated rings. The van der Waals surface area contributed by atoms with Gasteiger partial charge in [0.25, 0.3) is 0 Å². The van der Waals surface area contributed by atoms with E-state index in [-0.39, 0.29) is 42.1 Å². The van der Waals surface area contributed by atoms with Gasteiger partial charge in [-0.3, -0.25) is 9.59 Å². The van der Waals surface area contributed by atoms with Crippen molar-refractivity contribution >= 4 is 22.1 Å². The monoisotopic (exact) mass is 346 g/mol. The Morgan fingerprint density at radius 2 is 1.82 bits per heavy atom. The zero-order valence-corrected chi connectivity index (χ0v) is 16.5. The molecule has 0 aliphatic heterocycles. The van der Waals surface area contributed by atoms with Crippen molar-refractivity contribution in [3.8, 4) is 0 Å². The van der Waals surface area contributed by atoms with Gasteiger partial charge >= 0.3 is 41.5 Å². The largest absolute Gasteiger partial charge is 1.00 e. The molecule has 0 aliphatic rings.